The first-order valence-electron chi connectivity index (χ1n) is 7.00. The van der Waals surface area contributed by atoms with Crippen LogP contribution < -0.4 is 10.2 Å². The van der Waals surface area contributed by atoms with Crippen molar-refractivity contribution in [2.45, 2.75) is 0 Å². The summed E-state index contributed by atoms with van der Waals surface area (Å²) in [4.78, 5) is 16.4. The maximum absolute atomic E-state index is 12.4. The molecule has 0 unspecified atom stereocenters. The van der Waals surface area contributed by atoms with Gasteiger partial charge in [0.05, 0.1) is 25.1 Å². The summed E-state index contributed by atoms with van der Waals surface area (Å²) in [7, 11) is 0. The molecular formula is C13H19N5O2. The Labute approximate surface area is 117 Å². The molecule has 1 aromatic heterocycles. The molecule has 2 fully saturated rings. The summed E-state index contributed by atoms with van der Waals surface area (Å²) in [6.07, 6.45) is 1.72. The number of morpholine rings is 1. The van der Waals surface area contributed by atoms with E-state index in [2.05, 4.69) is 20.4 Å². The molecule has 108 valence electrons. The number of amides is 1. The van der Waals surface area contributed by atoms with E-state index in [4.69, 9.17) is 4.74 Å². The van der Waals surface area contributed by atoms with Gasteiger partial charge < -0.3 is 19.9 Å². The second-order valence-electron chi connectivity index (χ2n) is 4.94. The molecule has 2 aliphatic heterocycles. The largest absolute Gasteiger partial charge is 0.378 e. The molecule has 0 spiro atoms. The number of aromatic nitrogens is 2. The lowest BCUT2D eigenvalue weighted by Gasteiger charge is -2.29. The van der Waals surface area contributed by atoms with Gasteiger partial charge in [-0.15, -0.1) is 5.10 Å². The van der Waals surface area contributed by atoms with Gasteiger partial charge in [-0.2, -0.15) is 5.10 Å². The minimum Gasteiger partial charge on any atom is -0.378 e. The highest BCUT2D eigenvalue weighted by Crippen LogP contribution is 2.15. The van der Waals surface area contributed by atoms with Gasteiger partial charge in [-0.25, -0.2) is 0 Å². The van der Waals surface area contributed by atoms with Crippen LogP contribution >= 0.6 is 0 Å². The van der Waals surface area contributed by atoms with Gasteiger partial charge in [0.15, 0.2) is 5.69 Å². The number of hydrogen-bond donors (Lipinski definition) is 1. The third-order valence-electron chi connectivity index (χ3n) is 3.64. The Morgan fingerprint density at radius 2 is 1.95 bits per heavy atom. The molecule has 7 heteroatoms. The van der Waals surface area contributed by atoms with E-state index in [1.165, 1.54) is 0 Å². The number of anilines is 1. The van der Waals surface area contributed by atoms with Gasteiger partial charge in [0, 0.05) is 39.3 Å². The van der Waals surface area contributed by atoms with Crippen LogP contribution in [0.2, 0.25) is 0 Å². The highest BCUT2D eigenvalue weighted by Gasteiger charge is 2.21. The second kappa shape index (κ2) is 6.15. The molecule has 3 rings (SSSR count). The second-order valence-corrected chi connectivity index (χ2v) is 4.94. The molecule has 1 amide bonds. The Kier molecular flexibility index (Phi) is 4.08. The maximum atomic E-state index is 12.4. The fraction of sp³-hybridized carbons (Fsp3) is 0.615. The number of nitrogens with one attached hydrogen (secondary N) is 1. The molecule has 2 saturated heterocycles. The first kappa shape index (κ1) is 13.3. The van der Waals surface area contributed by atoms with Gasteiger partial charge >= 0.3 is 0 Å². The lowest BCUT2D eigenvalue weighted by molar-refractivity contribution is 0.0298. The molecule has 0 atom stereocenters. The standard InChI is InChI=1S/C13H19N5O2/c19-13(18-5-7-20-8-6-18)12-9-11(10-15-16-12)17-3-1-14-2-4-17/h9-10,14H,1-8H2. The van der Waals surface area contributed by atoms with Gasteiger partial charge in [0.25, 0.3) is 5.91 Å². The molecule has 1 aromatic rings. The molecule has 0 aromatic carbocycles. The molecule has 1 N–H and O–H groups in total. The third-order valence-corrected chi connectivity index (χ3v) is 3.64. The quantitative estimate of drug-likeness (QED) is 0.775. The van der Waals surface area contributed by atoms with Crippen LogP contribution in [-0.2, 0) is 4.74 Å². The fourth-order valence-electron chi connectivity index (χ4n) is 2.49. The van der Waals surface area contributed by atoms with Crippen molar-refractivity contribution in [2.75, 3.05) is 57.4 Å². The van der Waals surface area contributed by atoms with Crippen molar-refractivity contribution >= 4 is 11.6 Å². The van der Waals surface area contributed by atoms with Crippen LogP contribution in [0.25, 0.3) is 0 Å². The Morgan fingerprint density at radius 3 is 2.70 bits per heavy atom. The van der Waals surface area contributed by atoms with Crippen molar-refractivity contribution in [3.63, 3.8) is 0 Å². The van der Waals surface area contributed by atoms with E-state index in [1.807, 2.05) is 6.07 Å². The van der Waals surface area contributed by atoms with Crippen molar-refractivity contribution in [2.24, 2.45) is 0 Å². The molecule has 3 heterocycles. The van der Waals surface area contributed by atoms with Crippen molar-refractivity contribution in [1.82, 2.24) is 20.4 Å². The Bertz CT molecular complexity index is 470. The van der Waals surface area contributed by atoms with Gasteiger partial charge in [0.1, 0.15) is 0 Å². The maximum Gasteiger partial charge on any atom is 0.274 e. The molecule has 0 bridgehead atoms. The highest BCUT2D eigenvalue weighted by atomic mass is 16.5. The normalized spacial score (nSPS) is 20.0. The summed E-state index contributed by atoms with van der Waals surface area (Å²) in [5.41, 5.74) is 1.39. The number of ether oxygens (including phenoxy) is 1. The van der Waals surface area contributed by atoms with Crippen LogP contribution in [0.1, 0.15) is 10.5 Å². The number of piperazine rings is 1. The smallest absolute Gasteiger partial charge is 0.274 e. The first-order chi connectivity index (χ1) is 9.84. The van der Waals surface area contributed by atoms with Gasteiger partial charge in [-0.1, -0.05) is 0 Å². The number of nitrogens with zero attached hydrogens (tertiary/aromatic N) is 4. The average Bonchev–Trinajstić information content (AvgIpc) is 2.56. The summed E-state index contributed by atoms with van der Waals surface area (Å²) < 4.78 is 5.26. The predicted molar refractivity (Wildman–Crippen MR) is 73.8 cm³/mol. The van der Waals surface area contributed by atoms with Crippen LogP contribution in [0, 0.1) is 0 Å². The molecule has 7 nitrogen and oxygen atoms in total. The van der Waals surface area contributed by atoms with E-state index in [0.29, 0.717) is 32.0 Å². The zero-order valence-corrected chi connectivity index (χ0v) is 11.4. The summed E-state index contributed by atoms with van der Waals surface area (Å²) >= 11 is 0. The average molecular weight is 277 g/mol. The van der Waals surface area contributed by atoms with Crippen LogP contribution in [0.5, 0.6) is 0 Å². The van der Waals surface area contributed by atoms with Crippen molar-refractivity contribution in [3.05, 3.63) is 18.0 Å². The Hall–Kier alpha value is -1.73. The van der Waals surface area contributed by atoms with E-state index in [0.717, 1.165) is 31.9 Å². The fourth-order valence-corrected chi connectivity index (χ4v) is 2.49. The lowest BCUT2D eigenvalue weighted by atomic mass is 10.2. The summed E-state index contributed by atoms with van der Waals surface area (Å²) in [6, 6.07) is 1.84. The SMILES string of the molecule is O=C(c1cc(N2CCNCC2)cnn1)N1CCOCC1. The molecule has 0 saturated carbocycles. The monoisotopic (exact) mass is 277 g/mol. The Morgan fingerprint density at radius 1 is 1.20 bits per heavy atom. The lowest BCUT2D eigenvalue weighted by Crippen LogP contribution is -2.44. The first-order valence-corrected chi connectivity index (χ1v) is 7.00. The summed E-state index contributed by atoms with van der Waals surface area (Å²) in [5.74, 6) is -0.0576. The van der Waals surface area contributed by atoms with Crippen LogP contribution in [-0.4, -0.2) is 73.5 Å². The van der Waals surface area contributed by atoms with E-state index in [-0.39, 0.29) is 5.91 Å². The molecule has 0 radical (unpaired) electrons. The third kappa shape index (κ3) is 2.88. The highest BCUT2D eigenvalue weighted by molar-refractivity contribution is 5.93. The van der Waals surface area contributed by atoms with E-state index in [9.17, 15) is 4.79 Å². The molecule has 20 heavy (non-hydrogen) atoms. The molecule has 2 aliphatic rings. The van der Waals surface area contributed by atoms with E-state index >= 15 is 0 Å². The molecular weight excluding hydrogens is 258 g/mol. The van der Waals surface area contributed by atoms with Crippen molar-refractivity contribution in [3.8, 4) is 0 Å². The van der Waals surface area contributed by atoms with E-state index in [1.54, 1.807) is 11.1 Å². The zero-order valence-electron chi connectivity index (χ0n) is 11.4. The Balaban J connectivity index is 1.74. The zero-order chi connectivity index (χ0) is 13.8. The van der Waals surface area contributed by atoms with Gasteiger partial charge in [-0.05, 0) is 6.07 Å². The summed E-state index contributed by atoms with van der Waals surface area (Å²) in [6.45, 7) is 6.20. The van der Waals surface area contributed by atoms with Crippen LogP contribution in [0.15, 0.2) is 12.3 Å². The van der Waals surface area contributed by atoms with Crippen molar-refractivity contribution in [1.29, 1.82) is 0 Å². The minimum atomic E-state index is -0.0576. The van der Waals surface area contributed by atoms with Gasteiger partial charge in [0.2, 0.25) is 0 Å². The number of rotatable bonds is 2. The minimum absolute atomic E-state index is 0.0576. The summed E-state index contributed by atoms with van der Waals surface area (Å²) in [5, 5.41) is 11.3. The van der Waals surface area contributed by atoms with Crippen molar-refractivity contribution < 1.29 is 9.53 Å². The van der Waals surface area contributed by atoms with Gasteiger partial charge in [-0.3, -0.25) is 4.79 Å². The molecule has 0 aliphatic carbocycles. The number of carbonyl (C=O) groups excluding carboxylic acids is 1. The predicted octanol–water partition coefficient (Wildman–Crippen LogP) is -0.641. The van der Waals surface area contributed by atoms with Crippen LogP contribution in [0.4, 0.5) is 5.69 Å². The van der Waals surface area contributed by atoms with E-state index < -0.39 is 0 Å². The number of hydrogen-bond acceptors (Lipinski definition) is 6. The van der Waals surface area contributed by atoms with Crippen LogP contribution in [0.3, 0.4) is 0 Å². The topological polar surface area (TPSA) is 70.6 Å². The number of carbonyl (C=O) groups is 1.